The molecule has 2 amide bonds. The Morgan fingerprint density at radius 2 is 1.40 bits per heavy atom. The number of nitrogens with one attached hydrogen (secondary N) is 2. The summed E-state index contributed by atoms with van der Waals surface area (Å²) in [7, 11) is 0. The van der Waals surface area contributed by atoms with Crippen LogP contribution < -0.4 is 33.0 Å². The minimum Gasteiger partial charge on any atom is -0.506 e. The van der Waals surface area contributed by atoms with Crippen molar-refractivity contribution in [1.29, 1.82) is 0 Å². The van der Waals surface area contributed by atoms with E-state index >= 15 is 0 Å². The van der Waals surface area contributed by atoms with E-state index in [2.05, 4.69) is 90.4 Å². The highest BCUT2D eigenvalue weighted by Gasteiger charge is 2.19. The fourth-order valence-corrected chi connectivity index (χ4v) is 7.57. The average Bonchev–Trinajstić information content (AvgIpc) is 2.96. The van der Waals surface area contributed by atoms with Crippen molar-refractivity contribution in [3.8, 4) is 17.2 Å². The second-order valence-electron chi connectivity index (χ2n) is 8.53. The number of aliphatic carboxylic acids is 1. The molecule has 0 aliphatic carbocycles. The van der Waals surface area contributed by atoms with Gasteiger partial charge in [-0.1, -0.05) is 30.3 Å². The standard InChI is InChI=1S/C15H11I4NO4.C12H12N4O2/c16-8-4-7(5-9(17)13(8)21)24-14-10(18)1-6(2-11(14)19)3-12(20)15(22)23;13-15-11(17)9-6-5-7-3-1-2-4-8(7)10(9)12(18)16-14/h1-2,4-5,12,21H,3,20H2,(H,22,23);1-6H,13-14H2,(H,15,17)(H,16,18)/t12-;/m0./s1. The molecule has 1 atom stereocenters. The molecule has 4 aromatic carbocycles. The summed E-state index contributed by atoms with van der Waals surface area (Å²) in [5.41, 5.74) is 10.9. The van der Waals surface area contributed by atoms with Crippen LogP contribution in [0.2, 0.25) is 0 Å². The molecule has 42 heavy (non-hydrogen) atoms. The van der Waals surface area contributed by atoms with Crippen LogP contribution in [0.5, 0.6) is 17.2 Å². The number of hydrogen-bond donors (Lipinski definition) is 7. The van der Waals surface area contributed by atoms with Gasteiger partial charge in [-0.25, -0.2) is 11.7 Å². The van der Waals surface area contributed by atoms with Crippen molar-refractivity contribution in [3.63, 3.8) is 0 Å². The number of ether oxygens (including phenoxy) is 1. The maximum absolute atomic E-state index is 11.8. The van der Waals surface area contributed by atoms with Gasteiger partial charge in [0.05, 0.1) is 25.4 Å². The summed E-state index contributed by atoms with van der Waals surface area (Å²) < 4.78 is 9.14. The molecule has 0 bridgehead atoms. The third kappa shape index (κ3) is 8.53. The van der Waals surface area contributed by atoms with Crippen LogP contribution in [0.15, 0.2) is 60.7 Å². The predicted octanol–water partition coefficient (Wildman–Crippen LogP) is 4.60. The number of phenolic OH excluding ortho intramolecular Hbond substituents is 1. The molecule has 4 aromatic rings. The number of phenols is 1. The van der Waals surface area contributed by atoms with Crippen molar-refractivity contribution < 1.29 is 29.3 Å². The minimum absolute atomic E-state index is 0.180. The van der Waals surface area contributed by atoms with Gasteiger partial charge in [0.25, 0.3) is 11.8 Å². The van der Waals surface area contributed by atoms with Gasteiger partial charge in [-0.2, -0.15) is 0 Å². The predicted molar refractivity (Wildman–Crippen MR) is 192 cm³/mol. The number of hydrazine groups is 2. The fraction of sp³-hybridized carbons (Fsp3) is 0.0741. The van der Waals surface area contributed by atoms with Crippen LogP contribution in [-0.2, 0) is 11.2 Å². The largest absolute Gasteiger partial charge is 0.506 e. The number of amides is 2. The topological polar surface area (TPSA) is 203 Å². The maximum atomic E-state index is 11.8. The maximum Gasteiger partial charge on any atom is 0.320 e. The number of carboxylic acid groups (broad SMARTS) is 1. The summed E-state index contributed by atoms with van der Waals surface area (Å²) in [5.74, 6) is 9.71. The first kappa shape index (κ1) is 34.4. The Labute approximate surface area is 294 Å². The van der Waals surface area contributed by atoms with Gasteiger partial charge < -0.3 is 20.7 Å². The Balaban J connectivity index is 0.000000240. The molecule has 0 spiro atoms. The van der Waals surface area contributed by atoms with Crippen LogP contribution in [0.25, 0.3) is 10.8 Å². The molecule has 0 saturated heterocycles. The molecule has 0 radical (unpaired) electrons. The lowest BCUT2D eigenvalue weighted by Crippen LogP contribution is -2.35. The van der Waals surface area contributed by atoms with Gasteiger partial charge in [-0.3, -0.25) is 25.2 Å². The summed E-state index contributed by atoms with van der Waals surface area (Å²) in [6, 6.07) is 16.8. The van der Waals surface area contributed by atoms with E-state index in [0.29, 0.717) is 24.0 Å². The number of aromatic hydroxyl groups is 1. The van der Waals surface area contributed by atoms with Crippen LogP contribution >= 0.6 is 90.4 Å². The van der Waals surface area contributed by atoms with Gasteiger partial charge in [-0.15, -0.1) is 0 Å². The summed E-state index contributed by atoms with van der Waals surface area (Å²) >= 11 is 8.42. The number of fused-ring (bicyclic) bond motifs is 1. The van der Waals surface area contributed by atoms with E-state index in [1.807, 2.05) is 35.1 Å². The van der Waals surface area contributed by atoms with E-state index in [0.717, 1.165) is 18.1 Å². The molecule has 0 aliphatic heterocycles. The number of carbonyl (C=O) groups is 3. The number of carbonyl (C=O) groups excluding carboxylic acids is 2. The van der Waals surface area contributed by atoms with Crippen LogP contribution in [-0.4, -0.2) is 34.0 Å². The zero-order chi connectivity index (χ0) is 31.1. The highest BCUT2D eigenvalue weighted by atomic mass is 127. The second-order valence-corrected chi connectivity index (χ2v) is 13.2. The molecular formula is C27H23I4N5O6. The number of halogens is 4. The van der Waals surface area contributed by atoms with E-state index in [1.54, 1.807) is 30.3 Å². The molecular weight excluding hydrogens is 998 g/mol. The first-order valence-corrected chi connectivity index (χ1v) is 16.0. The van der Waals surface area contributed by atoms with Crippen molar-refractivity contribution in [2.75, 3.05) is 0 Å². The molecule has 220 valence electrons. The summed E-state index contributed by atoms with van der Waals surface area (Å²) in [6.07, 6.45) is 0.261. The Bertz CT molecular complexity index is 1620. The minimum atomic E-state index is -1.02. The second kappa shape index (κ2) is 15.6. The monoisotopic (exact) mass is 1020 g/mol. The van der Waals surface area contributed by atoms with Gasteiger partial charge in [0.15, 0.2) is 5.75 Å². The van der Waals surface area contributed by atoms with E-state index < -0.39 is 23.8 Å². The molecule has 10 N–H and O–H groups in total. The van der Waals surface area contributed by atoms with Gasteiger partial charge in [0.2, 0.25) is 0 Å². The van der Waals surface area contributed by atoms with Gasteiger partial charge >= 0.3 is 5.97 Å². The molecule has 0 aliphatic rings. The summed E-state index contributed by atoms with van der Waals surface area (Å²) in [6.45, 7) is 0. The van der Waals surface area contributed by atoms with Gasteiger partial charge in [0, 0.05) is 0 Å². The van der Waals surface area contributed by atoms with E-state index in [1.165, 1.54) is 6.07 Å². The molecule has 0 saturated carbocycles. The number of nitrogens with two attached hydrogens (primary N) is 3. The Morgan fingerprint density at radius 1 is 0.833 bits per heavy atom. The molecule has 4 rings (SSSR count). The number of carboxylic acids is 1. The smallest absolute Gasteiger partial charge is 0.320 e. The van der Waals surface area contributed by atoms with Gasteiger partial charge in [0.1, 0.15) is 17.5 Å². The van der Waals surface area contributed by atoms with E-state index in [4.69, 9.17) is 27.3 Å². The molecule has 0 fully saturated rings. The molecule has 15 heteroatoms. The van der Waals surface area contributed by atoms with Crippen molar-refractivity contribution in [1.82, 2.24) is 10.9 Å². The molecule has 0 aromatic heterocycles. The SMILES string of the molecule is NNC(=O)c1ccc2ccccc2c1C(=O)NN.N[C@@H](Cc1cc(I)c(Oc2cc(I)c(O)c(I)c2)c(I)c1)C(=O)O. The van der Waals surface area contributed by atoms with Crippen molar-refractivity contribution in [2.24, 2.45) is 17.4 Å². The Morgan fingerprint density at radius 3 is 1.95 bits per heavy atom. The zero-order valence-electron chi connectivity index (χ0n) is 21.3. The normalized spacial score (nSPS) is 11.2. The quantitative estimate of drug-likeness (QED) is 0.0598. The highest BCUT2D eigenvalue weighted by Crippen LogP contribution is 2.37. The first-order chi connectivity index (χ1) is 19.9. The van der Waals surface area contributed by atoms with Gasteiger partial charge in [-0.05, 0) is 143 Å². The molecule has 0 unspecified atom stereocenters. The van der Waals surface area contributed by atoms with Crippen molar-refractivity contribution >= 4 is 119 Å². The van der Waals surface area contributed by atoms with Crippen molar-refractivity contribution in [3.05, 3.63) is 91.6 Å². The third-order valence-corrected chi connectivity index (χ3v) is 8.95. The fourth-order valence-electron chi connectivity index (χ4n) is 3.74. The van der Waals surface area contributed by atoms with Crippen molar-refractivity contribution in [2.45, 2.75) is 12.5 Å². The lowest BCUT2D eigenvalue weighted by atomic mass is 9.98. The molecule has 0 heterocycles. The van der Waals surface area contributed by atoms with E-state index in [9.17, 15) is 19.5 Å². The van der Waals surface area contributed by atoms with Crippen LogP contribution in [0.1, 0.15) is 26.3 Å². The van der Waals surface area contributed by atoms with Crippen LogP contribution in [0.4, 0.5) is 0 Å². The van der Waals surface area contributed by atoms with Crippen LogP contribution in [0, 0.1) is 14.3 Å². The average molecular weight is 1020 g/mol. The third-order valence-electron chi connectivity index (χ3n) is 5.70. The van der Waals surface area contributed by atoms with Crippen LogP contribution in [0.3, 0.4) is 0 Å². The number of rotatable bonds is 7. The first-order valence-electron chi connectivity index (χ1n) is 11.7. The highest BCUT2D eigenvalue weighted by molar-refractivity contribution is 14.1. The lowest BCUT2D eigenvalue weighted by molar-refractivity contribution is -0.138. The molecule has 11 nitrogen and oxygen atoms in total. The Hall–Kier alpha value is -2.05. The zero-order valence-corrected chi connectivity index (χ0v) is 30.0. The number of benzene rings is 4. The summed E-state index contributed by atoms with van der Waals surface area (Å²) in [4.78, 5) is 34.4. The Kier molecular flexibility index (Phi) is 12.8. The summed E-state index contributed by atoms with van der Waals surface area (Å²) in [5, 5.41) is 20.2. The number of nitrogen functional groups attached to an aromatic ring is 2. The lowest BCUT2D eigenvalue weighted by Gasteiger charge is -2.14. The number of hydrogen-bond acceptors (Lipinski definition) is 8. The van der Waals surface area contributed by atoms with E-state index in [-0.39, 0.29) is 23.3 Å².